The maximum absolute atomic E-state index is 15.3. The lowest BCUT2D eigenvalue weighted by molar-refractivity contribution is 0.0342. The molecule has 0 bridgehead atoms. The third-order valence-corrected chi connectivity index (χ3v) is 7.65. The van der Waals surface area contributed by atoms with E-state index in [1.807, 2.05) is 37.3 Å². The Labute approximate surface area is 152 Å². The molecule has 2 aromatic rings. The van der Waals surface area contributed by atoms with E-state index in [0.717, 1.165) is 10.4 Å². The fourth-order valence-corrected chi connectivity index (χ4v) is 5.19. The minimum absolute atomic E-state index is 0.00232. The Morgan fingerprint density at radius 3 is 2.20 bits per heavy atom. The van der Waals surface area contributed by atoms with Crippen LogP contribution in [0.3, 0.4) is 0 Å². The standard InChI is InChI=1S/C20H26BFO2S/c1-15-17(21-23-13-20(2,3)14-24-21)11-12-18(19(15)22)25(4,5)16-9-7-6-8-10-16/h6-12H,13-14H2,1-5H3. The fourth-order valence-electron chi connectivity index (χ4n) is 3.08. The third-order valence-electron chi connectivity index (χ3n) is 4.78. The first kappa shape index (κ1) is 18.5. The highest BCUT2D eigenvalue weighted by Crippen LogP contribution is 2.57. The van der Waals surface area contributed by atoms with Crippen LogP contribution in [0, 0.1) is 18.2 Å². The molecule has 0 aliphatic carbocycles. The van der Waals surface area contributed by atoms with Crippen LogP contribution in [0.15, 0.2) is 52.3 Å². The van der Waals surface area contributed by atoms with Crippen molar-refractivity contribution in [2.45, 2.75) is 30.6 Å². The van der Waals surface area contributed by atoms with E-state index in [4.69, 9.17) is 9.31 Å². The van der Waals surface area contributed by atoms with Crippen LogP contribution >= 0.6 is 10.0 Å². The summed E-state index contributed by atoms with van der Waals surface area (Å²) >= 11 is 0. The number of rotatable bonds is 3. The summed E-state index contributed by atoms with van der Waals surface area (Å²) in [6.45, 7) is 7.25. The van der Waals surface area contributed by atoms with Crippen molar-refractivity contribution in [1.29, 1.82) is 0 Å². The van der Waals surface area contributed by atoms with Crippen molar-refractivity contribution >= 4 is 22.6 Å². The highest BCUT2D eigenvalue weighted by atomic mass is 32.3. The van der Waals surface area contributed by atoms with Gasteiger partial charge in [-0.05, 0) is 53.6 Å². The molecule has 1 aliphatic heterocycles. The van der Waals surface area contributed by atoms with Crippen LogP contribution in [-0.2, 0) is 9.31 Å². The Hall–Kier alpha value is -1.30. The lowest BCUT2D eigenvalue weighted by atomic mass is 9.73. The summed E-state index contributed by atoms with van der Waals surface area (Å²) < 4.78 is 26.9. The molecule has 3 rings (SSSR count). The van der Waals surface area contributed by atoms with Gasteiger partial charge in [0.05, 0.1) is 0 Å². The lowest BCUT2D eigenvalue weighted by Crippen LogP contribution is -2.48. The van der Waals surface area contributed by atoms with Crippen molar-refractivity contribution in [3.05, 3.63) is 53.8 Å². The van der Waals surface area contributed by atoms with Crippen LogP contribution < -0.4 is 5.46 Å². The molecule has 0 unspecified atom stereocenters. The van der Waals surface area contributed by atoms with Gasteiger partial charge < -0.3 is 9.31 Å². The second kappa shape index (κ2) is 6.78. The van der Waals surface area contributed by atoms with E-state index in [2.05, 4.69) is 38.5 Å². The highest BCUT2D eigenvalue weighted by Gasteiger charge is 2.35. The summed E-state index contributed by atoms with van der Waals surface area (Å²) in [5.74, 6) is -0.140. The van der Waals surface area contributed by atoms with Crippen molar-refractivity contribution < 1.29 is 13.7 Å². The monoisotopic (exact) mass is 360 g/mol. The molecule has 1 heterocycles. The first-order valence-corrected chi connectivity index (χ1v) is 11.0. The maximum Gasteiger partial charge on any atom is 0.494 e. The Bertz CT molecular complexity index is 752. The van der Waals surface area contributed by atoms with Crippen molar-refractivity contribution in [2.24, 2.45) is 5.41 Å². The predicted molar refractivity (Wildman–Crippen MR) is 105 cm³/mol. The summed E-state index contributed by atoms with van der Waals surface area (Å²) in [5, 5.41) is 0. The van der Waals surface area contributed by atoms with Gasteiger partial charge >= 0.3 is 7.12 Å². The second-order valence-electron chi connectivity index (χ2n) is 7.85. The van der Waals surface area contributed by atoms with Crippen LogP contribution in [0.1, 0.15) is 19.4 Å². The summed E-state index contributed by atoms with van der Waals surface area (Å²) in [6, 6.07) is 14.0. The molecule has 0 amide bonds. The van der Waals surface area contributed by atoms with E-state index in [1.165, 1.54) is 4.90 Å². The topological polar surface area (TPSA) is 18.5 Å². The molecule has 0 aromatic heterocycles. The number of benzene rings is 2. The van der Waals surface area contributed by atoms with Gasteiger partial charge in [0.25, 0.3) is 0 Å². The van der Waals surface area contributed by atoms with Crippen LogP contribution in [0.4, 0.5) is 4.39 Å². The van der Waals surface area contributed by atoms with Crippen LogP contribution in [-0.4, -0.2) is 32.8 Å². The molecule has 5 heteroatoms. The zero-order chi connectivity index (χ0) is 18.2. The first-order valence-electron chi connectivity index (χ1n) is 8.53. The average Bonchev–Trinajstić information content (AvgIpc) is 2.58. The summed E-state index contributed by atoms with van der Waals surface area (Å²) in [7, 11) is -1.90. The molecule has 25 heavy (non-hydrogen) atoms. The minimum atomic E-state index is -1.41. The predicted octanol–water partition coefficient (Wildman–Crippen LogP) is 4.38. The molecule has 134 valence electrons. The molecular weight excluding hydrogens is 334 g/mol. The Balaban J connectivity index is 1.94. The van der Waals surface area contributed by atoms with E-state index in [-0.39, 0.29) is 11.2 Å². The Kier molecular flexibility index (Phi) is 5.02. The molecule has 2 aromatic carbocycles. The van der Waals surface area contributed by atoms with Gasteiger partial charge in [-0.15, -0.1) is 0 Å². The van der Waals surface area contributed by atoms with Gasteiger partial charge in [0.2, 0.25) is 0 Å². The van der Waals surface area contributed by atoms with Crippen LogP contribution in [0.5, 0.6) is 0 Å². The molecule has 0 spiro atoms. The second-order valence-corrected chi connectivity index (χ2v) is 11.4. The van der Waals surface area contributed by atoms with Crippen LogP contribution in [0.25, 0.3) is 0 Å². The van der Waals surface area contributed by atoms with Gasteiger partial charge in [-0.25, -0.2) is 4.39 Å². The summed E-state index contributed by atoms with van der Waals surface area (Å²) in [4.78, 5) is 1.95. The van der Waals surface area contributed by atoms with E-state index in [1.54, 1.807) is 0 Å². The first-order chi connectivity index (χ1) is 11.7. The zero-order valence-electron chi connectivity index (χ0n) is 15.6. The average molecular weight is 360 g/mol. The molecular formula is C20H26BFO2S. The fraction of sp³-hybridized carbons (Fsp3) is 0.400. The Morgan fingerprint density at radius 1 is 1.00 bits per heavy atom. The summed E-state index contributed by atoms with van der Waals surface area (Å²) in [5.41, 5.74) is 1.42. The maximum atomic E-state index is 15.3. The van der Waals surface area contributed by atoms with Crippen molar-refractivity contribution in [1.82, 2.24) is 0 Å². The van der Waals surface area contributed by atoms with E-state index in [9.17, 15) is 0 Å². The van der Waals surface area contributed by atoms with Gasteiger partial charge in [-0.1, -0.05) is 38.1 Å². The normalized spacial score (nSPS) is 18.2. The minimum Gasteiger partial charge on any atom is -0.407 e. The van der Waals surface area contributed by atoms with E-state index >= 15 is 4.39 Å². The zero-order valence-corrected chi connectivity index (χ0v) is 16.5. The van der Waals surface area contributed by atoms with Gasteiger partial charge in [0, 0.05) is 23.5 Å². The van der Waals surface area contributed by atoms with Crippen molar-refractivity contribution in [2.75, 3.05) is 25.7 Å². The van der Waals surface area contributed by atoms with Gasteiger partial charge in [0.1, 0.15) is 5.82 Å². The third kappa shape index (κ3) is 3.64. The largest absolute Gasteiger partial charge is 0.494 e. The molecule has 0 radical (unpaired) electrons. The molecule has 1 fully saturated rings. The van der Waals surface area contributed by atoms with Gasteiger partial charge in [0.15, 0.2) is 0 Å². The van der Waals surface area contributed by atoms with Crippen LogP contribution in [0.2, 0.25) is 0 Å². The molecule has 1 saturated heterocycles. The number of halogens is 1. The molecule has 0 atom stereocenters. The van der Waals surface area contributed by atoms with E-state index < -0.39 is 17.1 Å². The molecule has 2 nitrogen and oxygen atoms in total. The van der Waals surface area contributed by atoms with Gasteiger partial charge in [-0.2, -0.15) is 10.0 Å². The SMILES string of the molecule is Cc1c(B2OCC(C)(C)CO2)ccc(S(C)(C)c2ccccc2)c1F. The molecule has 0 N–H and O–H groups in total. The molecule has 1 aliphatic rings. The van der Waals surface area contributed by atoms with Crippen molar-refractivity contribution in [3.8, 4) is 0 Å². The quantitative estimate of drug-likeness (QED) is 0.756. The van der Waals surface area contributed by atoms with Gasteiger partial charge in [-0.3, -0.25) is 0 Å². The Morgan fingerprint density at radius 2 is 1.60 bits per heavy atom. The highest BCUT2D eigenvalue weighted by molar-refractivity contribution is 8.32. The van der Waals surface area contributed by atoms with Crippen molar-refractivity contribution in [3.63, 3.8) is 0 Å². The number of hydrogen-bond donors (Lipinski definition) is 0. The smallest absolute Gasteiger partial charge is 0.407 e. The number of hydrogen-bond acceptors (Lipinski definition) is 2. The molecule has 0 saturated carbocycles. The van der Waals surface area contributed by atoms with E-state index in [0.29, 0.717) is 18.8 Å². The summed E-state index contributed by atoms with van der Waals surface area (Å²) in [6.07, 6.45) is 4.27. The lowest BCUT2D eigenvalue weighted by Gasteiger charge is -2.35.